The van der Waals surface area contributed by atoms with Crippen LogP contribution in [-0.4, -0.2) is 23.7 Å². The van der Waals surface area contributed by atoms with E-state index in [1.807, 2.05) is 13.0 Å². The van der Waals surface area contributed by atoms with E-state index < -0.39 is 0 Å². The summed E-state index contributed by atoms with van der Waals surface area (Å²) in [6.07, 6.45) is 0.970. The fourth-order valence-corrected chi connectivity index (χ4v) is 1.44. The molecule has 4 nitrogen and oxygen atoms in total. The van der Waals surface area contributed by atoms with Gasteiger partial charge in [0.2, 0.25) is 5.91 Å². The minimum Gasteiger partial charge on any atom is -0.394 e. The third-order valence-electron chi connectivity index (χ3n) is 2.53. The van der Waals surface area contributed by atoms with Crippen LogP contribution in [0.4, 0.5) is 0 Å². The summed E-state index contributed by atoms with van der Waals surface area (Å²) in [6.45, 7) is 1.86. The molecular formula is C13H16N2O2. The van der Waals surface area contributed by atoms with E-state index in [1.165, 1.54) is 0 Å². The number of carbonyl (C=O) groups excluding carboxylic acids is 1. The molecule has 0 radical (unpaired) electrons. The normalized spacial score (nSPS) is 11.6. The van der Waals surface area contributed by atoms with Crippen molar-refractivity contribution >= 4 is 5.91 Å². The largest absolute Gasteiger partial charge is 0.394 e. The van der Waals surface area contributed by atoms with Gasteiger partial charge in [0.15, 0.2) is 0 Å². The zero-order valence-corrected chi connectivity index (χ0v) is 9.81. The topological polar surface area (TPSA) is 73.1 Å². The average molecular weight is 232 g/mol. The van der Waals surface area contributed by atoms with Crippen molar-refractivity contribution in [2.24, 2.45) is 0 Å². The van der Waals surface area contributed by atoms with Gasteiger partial charge in [0, 0.05) is 0 Å². The van der Waals surface area contributed by atoms with Gasteiger partial charge < -0.3 is 10.4 Å². The molecule has 1 aromatic carbocycles. The predicted octanol–water partition coefficient (Wildman–Crippen LogP) is 0.988. The maximum Gasteiger partial charge on any atom is 0.224 e. The zero-order chi connectivity index (χ0) is 12.7. The molecule has 17 heavy (non-hydrogen) atoms. The summed E-state index contributed by atoms with van der Waals surface area (Å²) in [6, 6.07) is 8.74. The Morgan fingerprint density at radius 3 is 2.59 bits per heavy atom. The van der Waals surface area contributed by atoms with E-state index in [2.05, 4.69) is 5.32 Å². The highest BCUT2D eigenvalue weighted by Crippen LogP contribution is 2.04. The maximum atomic E-state index is 11.6. The second kappa shape index (κ2) is 6.66. The SMILES string of the molecule is CCC(CO)NC(=O)Cc1ccc(C#N)cc1. The van der Waals surface area contributed by atoms with Crippen molar-refractivity contribution in [1.29, 1.82) is 5.26 Å². The molecule has 90 valence electrons. The van der Waals surface area contributed by atoms with Gasteiger partial charge in [0.1, 0.15) is 0 Å². The number of aliphatic hydroxyl groups excluding tert-OH is 1. The number of benzene rings is 1. The van der Waals surface area contributed by atoms with Crippen molar-refractivity contribution in [3.63, 3.8) is 0 Å². The average Bonchev–Trinajstić information content (AvgIpc) is 2.37. The lowest BCUT2D eigenvalue weighted by Crippen LogP contribution is -2.37. The van der Waals surface area contributed by atoms with E-state index in [0.29, 0.717) is 12.0 Å². The fraction of sp³-hybridized carbons (Fsp3) is 0.385. The van der Waals surface area contributed by atoms with Gasteiger partial charge in [-0.1, -0.05) is 19.1 Å². The van der Waals surface area contributed by atoms with Crippen molar-refractivity contribution in [3.05, 3.63) is 35.4 Å². The second-order valence-corrected chi connectivity index (χ2v) is 3.84. The predicted molar refractivity (Wildman–Crippen MR) is 64.2 cm³/mol. The lowest BCUT2D eigenvalue weighted by molar-refractivity contribution is -0.121. The monoisotopic (exact) mass is 232 g/mol. The van der Waals surface area contributed by atoms with Crippen molar-refractivity contribution in [2.45, 2.75) is 25.8 Å². The molecule has 1 atom stereocenters. The summed E-state index contributed by atoms with van der Waals surface area (Å²) in [5, 5.41) is 20.3. The van der Waals surface area contributed by atoms with Crippen LogP contribution in [0.2, 0.25) is 0 Å². The fourth-order valence-electron chi connectivity index (χ4n) is 1.44. The lowest BCUT2D eigenvalue weighted by atomic mass is 10.1. The van der Waals surface area contributed by atoms with E-state index in [-0.39, 0.29) is 25.0 Å². The van der Waals surface area contributed by atoms with E-state index in [9.17, 15) is 4.79 Å². The Bertz CT molecular complexity index is 402. The molecule has 0 fully saturated rings. The van der Waals surface area contributed by atoms with Crippen LogP contribution in [0.5, 0.6) is 0 Å². The molecule has 1 amide bonds. The summed E-state index contributed by atoms with van der Waals surface area (Å²) >= 11 is 0. The third kappa shape index (κ3) is 4.25. The Labute approximate surface area is 101 Å². The highest BCUT2D eigenvalue weighted by Gasteiger charge is 2.09. The molecule has 0 spiro atoms. The Morgan fingerprint density at radius 1 is 1.47 bits per heavy atom. The minimum atomic E-state index is -0.180. The molecular weight excluding hydrogens is 216 g/mol. The van der Waals surface area contributed by atoms with Crippen molar-refractivity contribution in [1.82, 2.24) is 5.32 Å². The number of aliphatic hydroxyl groups is 1. The van der Waals surface area contributed by atoms with Crippen molar-refractivity contribution in [3.8, 4) is 6.07 Å². The zero-order valence-electron chi connectivity index (χ0n) is 9.81. The molecule has 2 N–H and O–H groups in total. The van der Waals surface area contributed by atoms with Crippen LogP contribution < -0.4 is 5.32 Å². The van der Waals surface area contributed by atoms with Gasteiger partial charge in [-0.2, -0.15) is 5.26 Å². The quantitative estimate of drug-likeness (QED) is 0.795. The summed E-state index contributed by atoms with van der Waals surface area (Å²) < 4.78 is 0. The smallest absolute Gasteiger partial charge is 0.224 e. The number of nitrogens with one attached hydrogen (secondary N) is 1. The van der Waals surface area contributed by atoms with Crippen LogP contribution in [0.15, 0.2) is 24.3 Å². The minimum absolute atomic E-state index is 0.0460. The summed E-state index contributed by atoms with van der Waals surface area (Å²) in [4.78, 5) is 11.6. The Morgan fingerprint density at radius 2 is 2.12 bits per heavy atom. The standard InChI is InChI=1S/C13H16N2O2/c1-2-12(9-16)15-13(17)7-10-3-5-11(8-14)6-4-10/h3-6,12,16H,2,7,9H2,1H3,(H,15,17). The number of rotatable bonds is 5. The van der Waals surface area contributed by atoms with E-state index >= 15 is 0 Å². The highest BCUT2D eigenvalue weighted by molar-refractivity contribution is 5.78. The Kier molecular flexibility index (Phi) is 5.18. The number of amides is 1. The van der Waals surface area contributed by atoms with Gasteiger partial charge in [-0.3, -0.25) is 4.79 Å². The van der Waals surface area contributed by atoms with Crippen LogP contribution in [0.3, 0.4) is 0 Å². The molecule has 0 bridgehead atoms. The highest BCUT2D eigenvalue weighted by atomic mass is 16.3. The second-order valence-electron chi connectivity index (χ2n) is 3.84. The number of nitriles is 1. The molecule has 4 heteroatoms. The first kappa shape index (κ1) is 13.2. The van der Waals surface area contributed by atoms with Gasteiger partial charge >= 0.3 is 0 Å². The van der Waals surface area contributed by atoms with E-state index in [1.54, 1.807) is 24.3 Å². The summed E-state index contributed by atoms with van der Waals surface area (Å²) in [5.41, 5.74) is 1.44. The van der Waals surface area contributed by atoms with Gasteiger partial charge in [0.25, 0.3) is 0 Å². The van der Waals surface area contributed by atoms with Crippen LogP contribution in [-0.2, 0) is 11.2 Å². The molecule has 0 aliphatic carbocycles. The molecule has 0 aliphatic rings. The molecule has 0 aliphatic heterocycles. The van der Waals surface area contributed by atoms with E-state index in [0.717, 1.165) is 5.56 Å². The summed E-state index contributed by atoms with van der Waals surface area (Å²) in [5.74, 6) is -0.115. The molecule has 0 saturated carbocycles. The third-order valence-corrected chi connectivity index (χ3v) is 2.53. The van der Waals surface area contributed by atoms with Gasteiger partial charge in [0.05, 0.1) is 30.7 Å². The van der Waals surface area contributed by atoms with Crippen LogP contribution >= 0.6 is 0 Å². The van der Waals surface area contributed by atoms with Crippen LogP contribution in [0, 0.1) is 11.3 Å². The van der Waals surface area contributed by atoms with Gasteiger partial charge in [-0.25, -0.2) is 0 Å². The molecule has 0 aromatic heterocycles. The van der Waals surface area contributed by atoms with Gasteiger partial charge in [-0.15, -0.1) is 0 Å². The maximum absolute atomic E-state index is 11.6. The van der Waals surface area contributed by atoms with Crippen LogP contribution in [0.1, 0.15) is 24.5 Å². The molecule has 0 saturated heterocycles. The van der Waals surface area contributed by atoms with Crippen LogP contribution in [0.25, 0.3) is 0 Å². The van der Waals surface area contributed by atoms with Crippen molar-refractivity contribution < 1.29 is 9.90 Å². The van der Waals surface area contributed by atoms with E-state index in [4.69, 9.17) is 10.4 Å². The number of nitrogens with zero attached hydrogens (tertiary/aromatic N) is 1. The van der Waals surface area contributed by atoms with Gasteiger partial charge in [-0.05, 0) is 24.1 Å². The first-order valence-electron chi connectivity index (χ1n) is 5.58. The first-order chi connectivity index (χ1) is 8.19. The molecule has 0 heterocycles. The number of hydrogen-bond donors (Lipinski definition) is 2. The first-order valence-corrected chi connectivity index (χ1v) is 5.58. The Balaban J connectivity index is 2.53. The lowest BCUT2D eigenvalue weighted by Gasteiger charge is -2.13. The summed E-state index contributed by atoms with van der Waals surface area (Å²) in [7, 11) is 0. The molecule has 1 rings (SSSR count). The van der Waals surface area contributed by atoms with Crippen molar-refractivity contribution in [2.75, 3.05) is 6.61 Å². The number of carbonyl (C=O) groups is 1. The number of hydrogen-bond acceptors (Lipinski definition) is 3. The molecule has 1 aromatic rings. The Hall–Kier alpha value is -1.86. The molecule has 1 unspecified atom stereocenters.